The summed E-state index contributed by atoms with van der Waals surface area (Å²) in [6.07, 6.45) is -0.256. The Morgan fingerprint density at radius 3 is 1.52 bits per heavy atom. The average Bonchev–Trinajstić information content (AvgIpc) is 3.03. The highest BCUT2D eigenvalue weighted by Crippen LogP contribution is 2.41. The van der Waals surface area contributed by atoms with Crippen LogP contribution in [0, 0.1) is 11.8 Å². The fourth-order valence-electron chi connectivity index (χ4n) is 4.06. The lowest BCUT2D eigenvalue weighted by Crippen LogP contribution is -2.36. The molecule has 0 unspecified atom stereocenters. The topological polar surface area (TPSA) is 35.5 Å². The van der Waals surface area contributed by atoms with E-state index in [0.717, 1.165) is 16.7 Å². The summed E-state index contributed by atoms with van der Waals surface area (Å²) in [6, 6.07) is 30.7. The van der Waals surface area contributed by atoms with Gasteiger partial charge in [-0.1, -0.05) is 105 Å². The fraction of sp³-hybridized carbons (Fsp3) is 0.269. The maximum Gasteiger partial charge on any atom is 0.309 e. The summed E-state index contributed by atoms with van der Waals surface area (Å²) < 4.78 is 12.4. The summed E-state index contributed by atoms with van der Waals surface area (Å²) in [6.45, 7) is 4.31. The first-order valence-corrected chi connectivity index (χ1v) is 10.1. The summed E-state index contributed by atoms with van der Waals surface area (Å²) in [5.41, 5.74) is 2.34. The van der Waals surface area contributed by atoms with Crippen molar-refractivity contribution in [2.24, 2.45) is 11.8 Å². The lowest BCUT2D eigenvalue weighted by Gasteiger charge is -2.37. The van der Waals surface area contributed by atoms with Gasteiger partial charge < -0.3 is 9.47 Å². The third kappa shape index (κ3) is 3.58. The molecule has 0 aromatic heterocycles. The van der Waals surface area contributed by atoms with E-state index in [1.54, 1.807) is 0 Å². The van der Waals surface area contributed by atoms with Gasteiger partial charge in [-0.2, -0.15) is 0 Å². The van der Waals surface area contributed by atoms with E-state index in [9.17, 15) is 4.79 Å². The van der Waals surface area contributed by atoms with Crippen LogP contribution in [0.4, 0.5) is 0 Å². The predicted molar refractivity (Wildman–Crippen MR) is 113 cm³/mol. The Labute approximate surface area is 172 Å². The number of carbonyl (C=O) groups excluding carboxylic acids is 1. The van der Waals surface area contributed by atoms with Crippen molar-refractivity contribution >= 4 is 5.97 Å². The van der Waals surface area contributed by atoms with E-state index in [0.29, 0.717) is 6.61 Å². The molecule has 1 saturated heterocycles. The number of hydrogen-bond acceptors (Lipinski definition) is 3. The van der Waals surface area contributed by atoms with Gasteiger partial charge in [0.1, 0.15) is 11.7 Å². The van der Waals surface area contributed by atoms with Gasteiger partial charge in [0.25, 0.3) is 0 Å². The Bertz CT molecular complexity index is 841. The van der Waals surface area contributed by atoms with E-state index in [4.69, 9.17) is 9.47 Å². The highest BCUT2D eigenvalue weighted by Gasteiger charge is 2.43. The Kier molecular flexibility index (Phi) is 5.50. The van der Waals surface area contributed by atoms with Gasteiger partial charge in [0.2, 0.25) is 0 Å². The van der Waals surface area contributed by atoms with Crippen LogP contribution in [-0.4, -0.2) is 18.7 Å². The van der Waals surface area contributed by atoms with Gasteiger partial charge in [0, 0.05) is 5.92 Å². The zero-order valence-electron chi connectivity index (χ0n) is 16.8. The van der Waals surface area contributed by atoms with E-state index >= 15 is 0 Å². The molecule has 0 bridgehead atoms. The first kappa shape index (κ1) is 19.4. The summed E-state index contributed by atoms with van der Waals surface area (Å²) in [4.78, 5) is 12.1. The van der Waals surface area contributed by atoms with Gasteiger partial charge in [-0.05, 0) is 16.7 Å². The maximum absolute atomic E-state index is 12.1. The van der Waals surface area contributed by atoms with Crippen molar-refractivity contribution in [3.8, 4) is 0 Å². The Hall–Kier alpha value is -2.91. The van der Waals surface area contributed by atoms with Crippen LogP contribution in [0.3, 0.4) is 0 Å². The van der Waals surface area contributed by atoms with Crippen molar-refractivity contribution in [1.29, 1.82) is 0 Å². The first-order chi connectivity index (χ1) is 14.1. The molecule has 1 fully saturated rings. The number of rotatable bonds is 6. The number of esters is 1. The number of ether oxygens (including phenoxy) is 2. The lowest BCUT2D eigenvalue weighted by molar-refractivity contribution is -0.147. The van der Waals surface area contributed by atoms with Crippen LogP contribution in [-0.2, 0) is 19.9 Å². The van der Waals surface area contributed by atoms with Gasteiger partial charge in [-0.15, -0.1) is 0 Å². The minimum absolute atomic E-state index is 0.108. The van der Waals surface area contributed by atoms with Gasteiger partial charge in [0.05, 0.1) is 12.5 Å². The molecule has 0 aliphatic carbocycles. The second-order valence-corrected chi connectivity index (χ2v) is 7.71. The van der Waals surface area contributed by atoms with Crippen LogP contribution in [0.5, 0.6) is 0 Å². The molecule has 0 saturated carbocycles. The second kappa shape index (κ2) is 8.22. The van der Waals surface area contributed by atoms with Crippen molar-refractivity contribution < 1.29 is 14.3 Å². The third-order valence-corrected chi connectivity index (χ3v) is 6.02. The van der Waals surface area contributed by atoms with Crippen molar-refractivity contribution in [3.63, 3.8) is 0 Å². The first-order valence-electron chi connectivity index (χ1n) is 10.1. The summed E-state index contributed by atoms with van der Waals surface area (Å²) in [5.74, 6) is -0.137. The SMILES string of the molecule is C[C@H]1[C@H](COC(c2ccccc2)(c2ccccc2)c2ccccc2)OC(=O)[C@@H]1C. The predicted octanol–water partition coefficient (Wildman–Crippen LogP) is 5.19. The van der Waals surface area contributed by atoms with Gasteiger partial charge in [0.15, 0.2) is 0 Å². The largest absolute Gasteiger partial charge is 0.459 e. The minimum Gasteiger partial charge on any atom is -0.459 e. The van der Waals surface area contributed by atoms with Gasteiger partial charge in [-0.25, -0.2) is 0 Å². The van der Waals surface area contributed by atoms with Crippen LogP contribution in [0.1, 0.15) is 30.5 Å². The normalized spacial score (nSPS) is 21.7. The molecule has 3 aromatic carbocycles. The molecule has 3 atom stereocenters. The number of benzene rings is 3. The van der Waals surface area contributed by atoms with E-state index in [1.165, 1.54) is 0 Å². The molecule has 1 heterocycles. The Balaban J connectivity index is 1.81. The van der Waals surface area contributed by atoms with Gasteiger partial charge in [-0.3, -0.25) is 4.79 Å². The molecule has 0 N–H and O–H groups in total. The molecule has 0 radical (unpaired) electrons. The fourth-order valence-corrected chi connectivity index (χ4v) is 4.06. The smallest absolute Gasteiger partial charge is 0.309 e. The molecule has 3 aromatic rings. The van der Waals surface area contributed by atoms with Crippen LogP contribution < -0.4 is 0 Å². The standard InChI is InChI=1S/C26H26O3/c1-19-20(2)25(27)29-24(19)18-28-26(21-12-6-3-7-13-21,22-14-8-4-9-15-22)23-16-10-5-11-17-23/h3-17,19-20,24H,18H2,1-2H3/t19-,20-,24+/m1/s1. The minimum atomic E-state index is -0.790. The quantitative estimate of drug-likeness (QED) is 0.432. The molecular weight excluding hydrogens is 360 g/mol. The summed E-state index contributed by atoms with van der Waals surface area (Å²) in [7, 11) is 0. The zero-order chi connectivity index (χ0) is 20.3. The maximum atomic E-state index is 12.1. The molecule has 3 heteroatoms. The molecule has 4 rings (SSSR count). The number of carbonyl (C=O) groups is 1. The number of hydrogen-bond donors (Lipinski definition) is 0. The van der Waals surface area contributed by atoms with Gasteiger partial charge >= 0.3 is 5.97 Å². The third-order valence-electron chi connectivity index (χ3n) is 6.02. The van der Waals surface area contributed by atoms with Crippen molar-refractivity contribution in [1.82, 2.24) is 0 Å². The molecule has 0 amide bonds. The van der Waals surface area contributed by atoms with Crippen molar-refractivity contribution in [2.45, 2.75) is 25.6 Å². The molecule has 29 heavy (non-hydrogen) atoms. The summed E-state index contributed by atoms with van der Waals surface area (Å²) >= 11 is 0. The van der Waals surface area contributed by atoms with E-state index in [2.05, 4.69) is 43.3 Å². The molecule has 3 nitrogen and oxygen atoms in total. The molecule has 1 aliphatic heterocycles. The van der Waals surface area contributed by atoms with E-state index in [1.807, 2.05) is 61.5 Å². The van der Waals surface area contributed by atoms with Crippen LogP contribution in [0.2, 0.25) is 0 Å². The molecular formula is C26H26O3. The van der Waals surface area contributed by atoms with Crippen LogP contribution >= 0.6 is 0 Å². The van der Waals surface area contributed by atoms with Crippen LogP contribution in [0.15, 0.2) is 91.0 Å². The lowest BCUT2D eigenvalue weighted by atomic mass is 9.80. The highest BCUT2D eigenvalue weighted by atomic mass is 16.6. The summed E-state index contributed by atoms with van der Waals surface area (Å²) in [5, 5.41) is 0. The highest BCUT2D eigenvalue weighted by molar-refractivity contribution is 5.74. The van der Waals surface area contributed by atoms with E-state index < -0.39 is 5.60 Å². The van der Waals surface area contributed by atoms with E-state index in [-0.39, 0.29) is 23.9 Å². The van der Waals surface area contributed by atoms with Crippen molar-refractivity contribution in [2.75, 3.05) is 6.61 Å². The molecule has 1 aliphatic rings. The molecule has 148 valence electrons. The van der Waals surface area contributed by atoms with Crippen LogP contribution in [0.25, 0.3) is 0 Å². The second-order valence-electron chi connectivity index (χ2n) is 7.71. The number of cyclic esters (lactones) is 1. The monoisotopic (exact) mass is 386 g/mol. The molecule has 0 spiro atoms. The Morgan fingerprint density at radius 1 is 0.759 bits per heavy atom. The Morgan fingerprint density at radius 2 is 1.17 bits per heavy atom. The average molecular weight is 386 g/mol. The zero-order valence-corrected chi connectivity index (χ0v) is 16.8. The van der Waals surface area contributed by atoms with Crippen molar-refractivity contribution in [3.05, 3.63) is 108 Å².